The second-order valence-corrected chi connectivity index (χ2v) is 5.61. The summed E-state index contributed by atoms with van der Waals surface area (Å²) in [5, 5.41) is 6.49. The predicted octanol–water partition coefficient (Wildman–Crippen LogP) is 3.25. The van der Waals surface area contributed by atoms with Gasteiger partial charge in [0.25, 0.3) is 0 Å². The van der Waals surface area contributed by atoms with Crippen LogP contribution in [0.2, 0.25) is 0 Å². The van der Waals surface area contributed by atoms with E-state index >= 15 is 0 Å². The first kappa shape index (κ1) is 11.6. The van der Waals surface area contributed by atoms with Crippen LogP contribution in [0.3, 0.4) is 0 Å². The van der Waals surface area contributed by atoms with Gasteiger partial charge < -0.3 is 10.6 Å². The van der Waals surface area contributed by atoms with Crippen LogP contribution in [0, 0.1) is 11.8 Å². The van der Waals surface area contributed by atoms with E-state index in [1.54, 1.807) is 0 Å². The Morgan fingerprint density at radius 2 is 1.78 bits per heavy atom. The molecular weight excluding hydrogens is 224 g/mol. The predicted molar refractivity (Wildman–Crippen MR) is 73.6 cm³/mol. The van der Waals surface area contributed by atoms with Gasteiger partial charge in [0.15, 0.2) is 0 Å². The minimum absolute atomic E-state index is 0.0203. The van der Waals surface area contributed by atoms with Crippen molar-refractivity contribution in [1.82, 2.24) is 0 Å². The van der Waals surface area contributed by atoms with Gasteiger partial charge >= 0.3 is 0 Å². The summed E-state index contributed by atoms with van der Waals surface area (Å²) in [6.07, 6.45) is 5.50. The van der Waals surface area contributed by atoms with Crippen LogP contribution in [0.4, 0.5) is 11.4 Å². The number of nitrogens with one attached hydrogen (secondary N) is 2. The van der Waals surface area contributed by atoms with Crippen LogP contribution in [-0.4, -0.2) is 11.9 Å². The van der Waals surface area contributed by atoms with Gasteiger partial charge in [0.05, 0.1) is 0 Å². The van der Waals surface area contributed by atoms with Crippen LogP contribution >= 0.6 is 0 Å². The van der Waals surface area contributed by atoms with Crippen molar-refractivity contribution in [2.75, 3.05) is 10.6 Å². The van der Waals surface area contributed by atoms with Crippen LogP contribution in [0.1, 0.15) is 32.6 Å². The van der Waals surface area contributed by atoms with Gasteiger partial charge in [-0.2, -0.15) is 0 Å². The maximum atomic E-state index is 11.1. The molecule has 0 bridgehead atoms. The maximum Gasteiger partial charge on any atom is 0.221 e. The third-order valence-corrected chi connectivity index (χ3v) is 3.78. The molecule has 0 aliphatic heterocycles. The zero-order chi connectivity index (χ0) is 12.5. The molecule has 3 nitrogen and oxygen atoms in total. The molecule has 0 unspecified atom stereocenters. The zero-order valence-electron chi connectivity index (χ0n) is 10.8. The summed E-state index contributed by atoms with van der Waals surface area (Å²) < 4.78 is 0. The fourth-order valence-corrected chi connectivity index (χ4v) is 2.61. The summed E-state index contributed by atoms with van der Waals surface area (Å²) in [6.45, 7) is 1.54. The lowest BCUT2D eigenvalue weighted by atomic mass is 10.1. The summed E-state index contributed by atoms with van der Waals surface area (Å²) in [7, 11) is 0. The van der Waals surface area contributed by atoms with Crippen LogP contribution in [0.5, 0.6) is 0 Å². The Bertz CT molecular complexity index is 438. The lowest BCUT2D eigenvalue weighted by Crippen LogP contribution is -2.24. The molecule has 2 fully saturated rings. The van der Waals surface area contributed by atoms with Crippen LogP contribution in [0.25, 0.3) is 0 Å². The third-order valence-electron chi connectivity index (χ3n) is 3.78. The standard InChI is InChI=1S/C15H20N2O/c1-10(18)16-13-3-2-4-14(9-13)17-15(11-5-6-11)12-7-8-12/h2-4,9,11-12,15,17H,5-8H2,1H3,(H,16,18). The van der Waals surface area contributed by atoms with Crippen molar-refractivity contribution in [3.05, 3.63) is 24.3 Å². The van der Waals surface area contributed by atoms with E-state index in [2.05, 4.69) is 16.7 Å². The number of hydrogen-bond donors (Lipinski definition) is 2. The van der Waals surface area contributed by atoms with Crippen LogP contribution in [-0.2, 0) is 4.79 Å². The highest BCUT2D eigenvalue weighted by atomic mass is 16.1. The molecule has 2 aliphatic rings. The van der Waals surface area contributed by atoms with Crippen molar-refractivity contribution >= 4 is 17.3 Å². The van der Waals surface area contributed by atoms with E-state index in [4.69, 9.17) is 0 Å². The van der Waals surface area contributed by atoms with Gasteiger partial charge in [-0.25, -0.2) is 0 Å². The maximum absolute atomic E-state index is 11.1. The topological polar surface area (TPSA) is 41.1 Å². The largest absolute Gasteiger partial charge is 0.382 e. The fraction of sp³-hybridized carbons (Fsp3) is 0.533. The highest BCUT2D eigenvalue weighted by molar-refractivity contribution is 5.89. The summed E-state index contributed by atoms with van der Waals surface area (Å²) in [6, 6.07) is 8.68. The summed E-state index contributed by atoms with van der Waals surface area (Å²) in [5.41, 5.74) is 2.00. The Morgan fingerprint density at radius 3 is 2.33 bits per heavy atom. The molecule has 0 atom stereocenters. The third kappa shape index (κ3) is 2.84. The van der Waals surface area contributed by atoms with E-state index < -0.39 is 0 Å². The highest BCUT2D eigenvalue weighted by Crippen LogP contribution is 2.45. The Labute approximate surface area is 108 Å². The van der Waals surface area contributed by atoms with Gasteiger partial charge in [0.1, 0.15) is 0 Å². The zero-order valence-corrected chi connectivity index (χ0v) is 10.8. The van der Waals surface area contributed by atoms with Crippen LogP contribution < -0.4 is 10.6 Å². The molecule has 3 rings (SSSR count). The first-order valence-corrected chi connectivity index (χ1v) is 6.86. The van der Waals surface area contributed by atoms with E-state index in [-0.39, 0.29) is 5.91 Å². The van der Waals surface area contributed by atoms with Crippen molar-refractivity contribution in [3.63, 3.8) is 0 Å². The van der Waals surface area contributed by atoms with Crippen molar-refractivity contribution in [2.45, 2.75) is 38.6 Å². The van der Waals surface area contributed by atoms with Gasteiger partial charge in [-0.15, -0.1) is 0 Å². The summed E-state index contributed by atoms with van der Waals surface area (Å²) >= 11 is 0. The average Bonchev–Trinajstić information content (AvgIpc) is 3.18. The van der Waals surface area contributed by atoms with Crippen LogP contribution in [0.15, 0.2) is 24.3 Å². The second kappa shape index (κ2) is 4.63. The lowest BCUT2D eigenvalue weighted by Gasteiger charge is -2.19. The number of rotatable bonds is 5. The molecule has 3 heteroatoms. The summed E-state index contributed by atoms with van der Waals surface area (Å²) in [4.78, 5) is 11.1. The first-order valence-electron chi connectivity index (χ1n) is 6.86. The number of benzene rings is 1. The van der Waals surface area contributed by atoms with Gasteiger partial charge in [0, 0.05) is 24.3 Å². The quantitative estimate of drug-likeness (QED) is 0.834. The molecule has 2 aliphatic carbocycles. The molecule has 1 aromatic carbocycles. The molecule has 0 radical (unpaired) electrons. The molecule has 0 aromatic heterocycles. The molecule has 0 heterocycles. The molecule has 18 heavy (non-hydrogen) atoms. The molecule has 2 N–H and O–H groups in total. The minimum atomic E-state index is -0.0203. The molecule has 2 saturated carbocycles. The van der Waals surface area contributed by atoms with Crippen molar-refractivity contribution in [1.29, 1.82) is 0 Å². The van der Waals surface area contributed by atoms with E-state index in [1.165, 1.54) is 32.6 Å². The number of hydrogen-bond acceptors (Lipinski definition) is 2. The molecule has 96 valence electrons. The minimum Gasteiger partial charge on any atom is -0.382 e. The normalized spacial score (nSPS) is 18.8. The molecule has 0 spiro atoms. The highest BCUT2D eigenvalue weighted by Gasteiger charge is 2.41. The lowest BCUT2D eigenvalue weighted by molar-refractivity contribution is -0.114. The smallest absolute Gasteiger partial charge is 0.221 e. The number of anilines is 2. The van der Waals surface area contributed by atoms with E-state index in [0.717, 1.165) is 23.2 Å². The molecule has 0 saturated heterocycles. The molecule has 1 amide bonds. The van der Waals surface area contributed by atoms with E-state index in [0.29, 0.717) is 6.04 Å². The molecule has 1 aromatic rings. The Morgan fingerprint density at radius 1 is 1.17 bits per heavy atom. The summed E-state index contributed by atoms with van der Waals surface area (Å²) in [5.74, 6) is 1.73. The SMILES string of the molecule is CC(=O)Nc1cccc(NC(C2CC2)C2CC2)c1. The van der Waals surface area contributed by atoms with Gasteiger partial charge in [-0.05, 0) is 55.7 Å². The number of carbonyl (C=O) groups excluding carboxylic acids is 1. The first-order chi connectivity index (χ1) is 8.72. The van der Waals surface area contributed by atoms with Crippen molar-refractivity contribution < 1.29 is 4.79 Å². The second-order valence-electron chi connectivity index (χ2n) is 5.61. The Hall–Kier alpha value is -1.51. The van der Waals surface area contributed by atoms with Gasteiger partial charge in [-0.3, -0.25) is 4.79 Å². The Kier molecular flexibility index (Phi) is 2.98. The van der Waals surface area contributed by atoms with E-state index in [9.17, 15) is 4.79 Å². The number of amides is 1. The van der Waals surface area contributed by atoms with Gasteiger partial charge in [0.2, 0.25) is 5.91 Å². The van der Waals surface area contributed by atoms with Crippen molar-refractivity contribution in [2.24, 2.45) is 11.8 Å². The molecular formula is C15H20N2O. The van der Waals surface area contributed by atoms with Gasteiger partial charge in [-0.1, -0.05) is 6.07 Å². The Balaban J connectivity index is 1.68. The fourth-order valence-electron chi connectivity index (χ4n) is 2.61. The monoisotopic (exact) mass is 244 g/mol. The average molecular weight is 244 g/mol. The van der Waals surface area contributed by atoms with Crippen molar-refractivity contribution in [3.8, 4) is 0 Å². The number of carbonyl (C=O) groups is 1. The van der Waals surface area contributed by atoms with E-state index in [1.807, 2.05) is 18.2 Å².